The van der Waals surface area contributed by atoms with E-state index in [-0.39, 0.29) is 10.8 Å². The first-order chi connectivity index (χ1) is 16.7. The van der Waals surface area contributed by atoms with Gasteiger partial charge in [-0.3, -0.25) is 4.79 Å². The number of benzene rings is 3. The topological polar surface area (TPSA) is 69.7 Å². The molecule has 0 unspecified atom stereocenters. The van der Waals surface area contributed by atoms with Crippen LogP contribution in [0.3, 0.4) is 0 Å². The van der Waals surface area contributed by atoms with Gasteiger partial charge in [0.25, 0.3) is 0 Å². The lowest BCUT2D eigenvalue weighted by Crippen LogP contribution is -2.49. The second-order valence-electron chi connectivity index (χ2n) is 8.21. The van der Waals surface area contributed by atoms with Crippen molar-refractivity contribution in [3.05, 3.63) is 94.0 Å². The summed E-state index contributed by atoms with van der Waals surface area (Å²) in [6.07, 6.45) is 3.14. The molecule has 1 fully saturated rings. The Balaban J connectivity index is 1.46. The second-order valence-corrected chi connectivity index (χ2v) is 11.0. The summed E-state index contributed by atoms with van der Waals surface area (Å²) < 4.78 is 27.6. The molecule has 0 spiro atoms. The van der Waals surface area contributed by atoms with Crippen LogP contribution in [-0.4, -0.2) is 44.8 Å². The smallest absolute Gasteiger partial charge is 0.248 e. The van der Waals surface area contributed by atoms with E-state index in [1.54, 1.807) is 60.7 Å². The fourth-order valence-electron chi connectivity index (χ4n) is 3.87. The number of sulfonamides is 1. The predicted molar refractivity (Wildman–Crippen MR) is 143 cm³/mol. The summed E-state index contributed by atoms with van der Waals surface area (Å²) in [5.41, 5.74) is 3.10. The molecule has 4 rings (SSSR count). The monoisotopic (exact) mass is 529 g/mol. The number of amides is 1. The van der Waals surface area contributed by atoms with E-state index in [2.05, 4.69) is 5.32 Å². The first kappa shape index (κ1) is 25.3. The van der Waals surface area contributed by atoms with Crippen LogP contribution in [0.1, 0.15) is 11.1 Å². The van der Waals surface area contributed by atoms with Gasteiger partial charge in [0.2, 0.25) is 15.9 Å². The van der Waals surface area contributed by atoms with Crippen LogP contribution in [0.15, 0.2) is 77.7 Å². The van der Waals surface area contributed by atoms with E-state index in [0.29, 0.717) is 47.6 Å². The fourth-order valence-corrected chi connectivity index (χ4v) is 5.71. The molecule has 1 saturated heterocycles. The number of hydrogen-bond donors (Lipinski definition) is 1. The zero-order valence-corrected chi connectivity index (χ0v) is 21.4. The summed E-state index contributed by atoms with van der Waals surface area (Å²) in [7, 11) is -3.57. The maximum absolute atomic E-state index is 13.0. The van der Waals surface area contributed by atoms with E-state index in [0.717, 1.165) is 11.1 Å². The molecule has 1 aliphatic heterocycles. The quantitative estimate of drug-likeness (QED) is 0.430. The van der Waals surface area contributed by atoms with Crippen molar-refractivity contribution in [2.24, 2.45) is 0 Å². The Morgan fingerprint density at radius 2 is 1.57 bits per heavy atom. The Hall–Kier alpha value is -2.84. The molecule has 1 heterocycles. The van der Waals surface area contributed by atoms with E-state index in [1.807, 2.05) is 24.0 Å². The van der Waals surface area contributed by atoms with Gasteiger partial charge >= 0.3 is 0 Å². The Kier molecular flexibility index (Phi) is 7.82. The van der Waals surface area contributed by atoms with Crippen molar-refractivity contribution in [2.45, 2.75) is 11.8 Å². The van der Waals surface area contributed by atoms with Crippen molar-refractivity contribution >= 4 is 56.6 Å². The van der Waals surface area contributed by atoms with E-state index >= 15 is 0 Å². The lowest BCUT2D eigenvalue weighted by molar-refractivity contribution is -0.111. The molecule has 1 N–H and O–H groups in total. The van der Waals surface area contributed by atoms with Crippen LogP contribution in [0, 0.1) is 6.92 Å². The number of para-hydroxylation sites is 1. The summed E-state index contributed by atoms with van der Waals surface area (Å²) in [6, 6.07) is 19.3. The summed E-state index contributed by atoms with van der Waals surface area (Å²) >= 11 is 12.4. The van der Waals surface area contributed by atoms with Crippen LogP contribution >= 0.6 is 23.2 Å². The van der Waals surface area contributed by atoms with Gasteiger partial charge in [-0.2, -0.15) is 4.31 Å². The van der Waals surface area contributed by atoms with Crippen LogP contribution in [0.2, 0.25) is 10.0 Å². The van der Waals surface area contributed by atoms with Gasteiger partial charge in [-0.15, -0.1) is 0 Å². The number of hydrogen-bond acceptors (Lipinski definition) is 4. The molecule has 182 valence electrons. The van der Waals surface area contributed by atoms with Crippen LogP contribution in [0.4, 0.5) is 11.4 Å². The summed E-state index contributed by atoms with van der Waals surface area (Å²) in [4.78, 5) is 14.9. The minimum Gasteiger partial charge on any atom is -0.366 e. The van der Waals surface area contributed by atoms with Crippen LogP contribution < -0.4 is 10.2 Å². The highest BCUT2D eigenvalue weighted by molar-refractivity contribution is 7.89. The molecule has 6 nitrogen and oxygen atoms in total. The first-order valence-corrected chi connectivity index (χ1v) is 13.3. The van der Waals surface area contributed by atoms with E-state index in [4.69, 9.17) is 23.2 Å². The van der Waals surface area contributed by atoms with Gasteiger partial charge in [0.05, 0.1) is 21.3 Å². The molecule has 3 aromatic rings. The Bertz CT molecular complexity index is 1330. The summed E-state index contributed by atoms with van der Waals surface area (Å²) in [5, 5.41) is 4.01. The van der Waals surface area contributed by atoms with Gasteiger partial charge in [-0.05, 0) is 55.0 Å². The standard InChI is InChI=1S/C26H25Cl2N3O3S/c1-19-5-12-22(13-6-19)35(33,34)31-17-15-30(16-18-31)26-23(28)3-2-4-24(26)29-25(32)14-9-20-7-10-21(27)11-8-20/h2-14H,15-18H2,1H3,(H,29,32)/b14-9+. The number of carbonyl (C=O) groups is 1. The predicted octanol–water partition coefficient (Wildman–Crippen LogP) is 5.46. The van der Waals surface area contributed by atoms with Crippen LogP contribution in [0.25, 0.3) is 6.08 Å². The van der Waals surface area contributed by atoms with Crippen LogP contribution in [0.5, 0.6) is 0 Å². The third-order valence-electron chi connectivity index (χ3n) is 5.76. The summed E-state index contributed by atoms with van der Waals surface area (Å²) in [6.45, 7) is 3.43. The first-order valence-electron chi connectivity index (χ1n) is 11.1. The number of aryl methyl sites for hydroxylation is 1. The molecule has 1 aliphatic rings. The van der Waals surface area contributed by atoms with Gasteiger partial charge in [0.1, 0.15) is 0 Å². The lowest BCUT2D eigenvalue weighted by atomic mass is 10.2. The van der Waals surface area contributed by atoms with Crippen molar-refractivity contribution in [3.8, 4) is 0 Å². The van der Waals surface area contributed by atoms with Crippen molar-refractivity contribution in [1.29, 1.82) is 0 Å². The molecule has 35 heavy (non-hydrogen) atoms. The number of nitrogens with zero attached hydrogens (tertiary/aromatic N) is 2. The zero-order chi connectivity index (χ0) is 25.0. The molecule has 0 radical (unpaired) electrons. The van der Waals surface area contributed by atoms with E-state index in [1.165, 1.54) is 10.4 Å². The number of halogens is 2. The van der Waals surface area contributed by atoms with Gasteiger partial charge in [-0.25, -0.2) is 8.42 Å². The normalized spacial score (nSPS) is 14.9. The number of piperazine rings is 1. The third-order valence-corrected chi connectivity index (χ3v) is 8.23. The molecule has 3 aromatic carbocycles. The summed E-state index contributed by atoms with van der Waals surface area (Å²) in [5.74, 6) is -0.302. The van der Waals surface area contributed by atoms with Crippen molar-refractivity contribution in [1.82, 2.24) is 4.31 Å². The molecule has 0 atom stereocenters. The molecule has 0 aromatic heterocycles. The minimum atomic E-state index is -3.57. The lowest BCUT2D eigenvalue weighted by Gasteiger charge is -2.36. The second kappa shape index (κ2) is 10.8. The Labute approximate surface area is 215 Å². The maximum atomic E-state index is 13.0. The highest BCUT2D eigenvalue weighted by atomic mass is 35.5. The minimum absolute atomic E-state index is 0.287. The number of rotatable bonds is 6. The average Bonchev–Trinajstić information content (AvgIpc) is 2.84. The van der Waals surface area contributed by atoms with Gasteiger partial charge in [0, 0.05) is 37.3 Å². The average molecular weight is 530 g/mol. The highest BCUT2D eigenvalue weighted by Gasteiger charge is 2.30. The molecule has 0 saturated carbocycles. The molecule has 0 bridgehead atoms. The van der Waals surface area contributed by atoms with Crippen molar-refractivity contribution in [2.75, 3.05) is 36.4 Å². The number of anilines is 2. The fraction of sp³-hybridized carbons (Fsp3) is 0.192. The van der Waals surface area contributed by atoms with Gasteiger partial charge in [0.15, 0.2) is 0 Å². The third kappa shape index (κ3) is 6.05. The number of nitrogens with one attached hydrogen (secondary N) is 1. The van der Waals surface area contributed by atoms with Crippen molar-refractivity contribution < 1.29 is 13.2 Å². The zero-order valence-electron chi connectivity index (χ0n) is 19.1. The SMILES string of the molecule is Cc1ccc(S(=O)(=O)N2CCN(c3c(Cl)cccc3NC(=O)/C=C/c3ccc(Cl)cc3)CC2)cc1. The Morgan fingerprint density at radius 1 is 0.914 bits per heavy atom. The largest absolute Gasteiger partial charge is 0.366 e. The van der Waals surface area contributed by atoms with Gasteiger partial charge < -0.3 is 10.2 Å². The van der Waals surface area contributed by atoms with Crippen LogP contribution in [-0.2, 0) is 14.8 Å². The molecule has 1 amide bonds. The highest BCUT2D eigenvalue weighted by Crippen LogP contribution is 2.35. The molecule has 9 heteroatoms. The molecular formula is C26H25Cl2N3O3S. The molecular weight excluding hydrogens is 505 g/mol. The van der Waals surface area contributed by atoms with Crippen molar-refractivity contribution in [3.63, 3.8) is 0 Å². The molecule has 0 aliphatic carbocycles. The van der Waals surface area contributed by atoms with Gasteiger partial charge in [-0.1, -0.05) is 59.1 Å². The Morgan fingerprint density at radius 3 is 2.23 bits per heavy atom. The number of carbonyl (C=O) groups excluding carboxylic acids is 1. The van der Waals surface area contributed by atoms with E-state index in [9.17, 15) is 13.2 Å². The van der Waals surface area contributed by atoms with E-state index < -0.39 is 10.0 Å². The maximum Gasteiger partial charge on any atom is 0.248 e.